The molecule has 3 saturated carbocycles. The van der Waals surface area contributed by atoms with Gasteiger partial charge in [0.15, 0.2) is 0 Å². The molecule has 24 rings (SSSR count). The molecule has 8 aliphatic heterocycles. The van der Waals surface area contributed by atoms with Gasteiger partial charge in [-0.1, -0.05) is 142 Å². The largest absolute Gasteiger partial charge is 0.337 e. The monoisotopic (exact) mass is 1870 g/mol. The third-order valence-corrected chi connectivity index (χ3v) is 31.3. The molecule has 0 bridgehead atoms. The molecule has 11 aliphatic rings. The lowest BCUT2D eigenvalue weighted by atomic mass is 9.81. The Morgan fingerprint density at radius 2 is 0.601 bits per heavy atom. The van der Waals surface area contributed by atoms with Gasteiger partial charge in [-0.2, -0.15) is 20.4 Å². The first-order chi connectivity index (χ1) is 66.8. The maximum atomic E-state index is 15.2. The zero-order valence-electron chi connectivity index (χ0n) is 77.8. The topological polar surface area (TPSA) is 183 Å². The van der Waals surface area contributed by atoms with Crippen LogP contribution >= 0.6 is 0 Å². The molecule has 21 nitrogen and oxygen atoms in total. The number of anilines is 4. The normalized spacial score (nSPS) is 21.8. The third-order valence-electron chi connectivity index (χ3n) is 31.3. The van der Waals surface area contributed by atoms with Crippen LogP contribution in [0.2, 0.25) is 0 Å². The van der Waals surface area contributed by atoms with Gasteiger partial charge in [-0.05, 0) is 191 Å². The van der Waals surface area contributed by atoms with Crippen LogP contribution in [0.3, 0.4) is 0 Å². The number of benzene rings is 9. The molecule has 9 aromatic carbocycles. The molecule has 0 N–H and O–H groups in total. The van der Waals surface area contributed by atoms with E-state index in [1.165, 1.54) is 138 Å². The molecule has 708 valence electrons. The summed E-state index contributed by atoms with van der Waals surface area (Å²) in [5, 5.41) is 16.3. The maximum Gasteiger partial charge on any atom is 0.253 e. The van der Waals surface area contributed by atoms with Crippen LogP contribution in [-0.2, 0) is 95.2 Å². The highest BCUT2D eigenvalue weighted by Gasteiger charge is 2.60. The first-order valence-electron chi connectivity index (χ1n) is 48.3. The molecule has 0 radical (unpaired) electrons. The van der Waals surface area contributed by atoms with Gasteiger partial charge in [-0.3, -0.25) is 57.4 Å². The van der Waals surface area contributed by atoms with Crippen LogP contribution in [0.4, 0.5) is 53.5 Å². The molecule has 13 aromatic rings. The second-order valence-electron chi connectivity index (χ2n) is 39.5. The maximum absolute atomic E-state index is 15.2. The Kier molecular flexibility index (Phi) is 24.3. The Morgan fingerprint density at radius 3 is 0.920 bits per heavy atom. The van der Waals surface area contributed by atoms with Crippen LogP contribution in [0, 0.1) is 40.7 Å². The average Bonchev–Trinajstić information content (AvgIpc) is 1.57. The molecule has 5 amide bonds. The first-order valence-corrected chi connectivity index (χ1v) is 48.3. The van der Waals surface area contributed by atoms with E-state index in [1.54, 1.807) is 107 Å². The predicted octanol–water partition coefficient (Wildman–Crippen LogP) is 19.0. The minimum absolute atomic E-state index is 0.00495. The van der Waals surface area contributed by atoms with Crippen LogP contribution < -0.4 is 19.6 Å². The number of carbonyl (C=O) groups excluding carboxylic acids is 5. The van der Waals surface area contributed by atoms with Crippen molar-refractivity contribution in [3.8, 4) is 44.5 Å². The van der Waals surface area contributed by atoms with Crippen LogP contribution in [0.25, 0.3) is 44.5 Å². The number of para-hydroxylation sites is 4. The Labute approximate surface area is 797 Å². The second-order valence-corrected chi connectivity index (χ2v) is 39.5. The predicted molar refractivity (Wildman–Crippen MR) is 514 cm³/mol. The first kappa shape index (κ1) is 91.0. The van der Waals surface area contributed by atoms with Gasteiger partial charge in [-0.15, -0.1) is 0 Å². The summed E-state index contributed by atoms with van der Waals surface area (Å²) in [6.45, 7) is 5.81. The highest BCUT2D eigenvalue weighted by atomic mass is 19.2. The van der Waals surface area contributed by atoms with E-state index in [0.717, 1.165) is 95.0 Å². The fraction of sp³-hybridized carbons (Fsp3) is 0.355. The molecule has 4 aromatic heterocycles. The van der Waals surface area contributed by atoms with E-state index in [2.05, 4.69) is 35.1 Å². The van der Waals surface area contributed by atoms with Crippen molar-refractivity contribution in [3.63, 3.8) is 0 Å². The summed E-state index contributed by atoms with van der Waals surface area (Å²) in [5.74, 6) is -3.64. The number of amides is 5. The summed E-state index contributed by atoms with van der Waals surface area (Å²) in [7, 11) is 7.01. The van der Waals surface area contributed by atoms with Crippen molar-refractivity contribution in [1.29, 1.82) is 0 Å². The number of likely N-dealkylation sites (tertiary alicyclic amines) is 4. The Balaban J connectivity index is 0.000000110. The Morgan fingerprint density at radius 1 is 0.312 bits per heavy atom. The van der Waals surface area contributed by atoms with E-state index in [1.807, 2.05) is 135 Å². The summed E-state index contributed by atoms with van der Waals surface area (Å²) >= 11 is 0. The van der Waals surface area contributed by atoms with Crippen LogP contribution in [0.1, 0.15) is 158 Å². The lowest BCUT2D eigenvalue weighted by Gasteiger charge is -2.27. The van der Waals surface area contributed by atoms with Crippen LogP contribution in [0.15, 0.2) is 232 Å². The second kappa shape index (κ2) is 36.8. The van der Waals surface area contributed by atoms with Gasteiger partial charge in [0, 0.05) is 193 Å². The van der Waals surface area contributed by atoms with Crippen molar-refractivity contribution < 1.29 is 54.7 Å². The molecule has 138 heavy (non-hydrogen) atoms. The summed E-state index contributed by atoms with van der Waals surface area (Å²) in [5.41, 5.74) is 9.83. The van der Waals surface area contributed by atoms with Crippen LogP contribution in [0.5, 0.6) is 0 Å². The van der Waals surface area contributed by atoms with Gasteiger partial charge in [0.25, 0.3) is 5.91 Å². The highest BCUT2D eigenvalue weighted by Crippen LogP contribution is 2.55. The molecule has 3 aliphatic carbocycles. The molecule has 4 spiro atoms. The fourth-order valence-corrected chi connectivity index (χ4v) is 24.2. The van der Waals surface area contributed by atoms with Gasteiger partial charge in [0.2, 0.25) is 23.6 Å². The molecule has 28 heteroatoms. The van der Waals surface area contributed by atoms with Gasteiger partial charge in [-0.25, -0.2) is 30.7 Å². The number of aromatic nitrogens is 8. The van der Waals surface area contributed by atoms with Crippen molar-refractivity contribution in [2.75, 3.05) is 72.0 Å². The lowest BCUT2D eigenvalue weighted by molar-refractivity contribution is -0.123. The number of hydrogen-bond acceptors (Lipinski definition) is 12. The van der Waals surface area contributed by atoms with Gasteiger partial charge >= 0.3 is 0 Å². The van der Waals surface area contributed by atoms with E-state index in [-0.39, 0.29) is 94.9 Å². The zero-order chi connectivity index (χ0) is 95.2. The third kappa shape index (κ3) is 16.4. The molecular weight excluding hydrogens is 1760 g/mol. The van der Waals surface area contributed by atoms with Crippen molar-refractivity contribution in [1.82, 2.24) is 58.7 Å². The molecule has 4 atom stereocenters. The highest BCUT2D eigenvalue weighted by molar-refractivity contribution is 6.12. The van der Waals surface area contributed by atoms with Crippen molar-refractivity contribution in [2.24, 2.45) is 28.2 Å². The number of hydrogen-bond donors (Lipinski definition) is 0. The standard InChI is InChI=1S/C29H25FN4O2.3C27H28F2N4O/c1-32-17-23(16-31-32)21-11-12-22(25(30)15-21)18-34-26-10-6-5-9-24(26)29(28(34)36)13-14-33(19-29)27(35)20-7-3-2-4-8-20;3*1-31-15-19(14-30-31)21-13-23(28)18(12-24(21)29)16-33-25-9-5-4-8-22(25)27(26(33)34)10-11-32(17-27)20-6-2-3-7-20/h2-12,15-17H,13-14,18-19H2,1H3;3*4-5,8-9,12-15,20H,2-3,6-7,10-11,16-17H2,1H3. The summed E-state index contributed by atoms with van der Waals surface area (Å²) in [4.78, 5) is 84.7. The Hall–Kier alpha value is -13.4. The molecule has 4 saturated heterocycles. The summed E-state index contributed by atoms with van der Waals surface area (Å²) in [6, 6.07) is 54.4. The number of fused-ring (bicyclic) bond motifs is 8. The van der Waals surface area contributed by atoms with E-state index in [0.29, 0.717) is 85.1 Å². The van der Waals surface area contributed by atoms with Gasteiger partial charge in [0.1, 0.15) is 40.7 Å². The average molecular weight is 1870 g/mol. The quantitative estimate of drug-likeness (QED) is 0.0836. The minimum atomic E-state index is -0.812. The minimum Gasteiger partial charge on any atom is -0.337 e. The number of rotatable bonds is 16. The summed E-state index contributed by atoms with van der Waals surface area (Å²) in [6.07, 6.45) is 30.6. The van der Waals surface area contributed by atoms with Gasteiger partial charge < -0.3 is 24.5 Å². The Bertz CT molecular complexity index is 6430. The van der Waals surface area contributed by atoms with Crippen molar-refractivity contribution in [2.45, 2.75) is 169 Å². The number of aryl methyl sites for hydroxylation is 4. The van der Waals surface area contributed by atoms with Crippen LogP contribution in [-0.4, -0.2) is 159 Å². The molecule has 12 heterocycles. The van der Waals surface area contributed by atoms with E-state index < -0.39 is 56.6 Å². The van der Waals surface area contributed by atoms with E-state index in [4.69, 9.17) is 0 Å². The van der Waals surface area contributed by atoms with E-state index in [9.17, 15) is 37.1 Å². The fourth-order valence-electron chi connectivity index (χ4n) is 24.2. The van der Waals surface area contributed by atoms with Crippen molar-refractivity contribution in [3.05, 3.63) is 322 Å². The summed E-state index contributed by atoms with van der Waals surface area (Å²) < 4.78 is 112. The SMILES string of the molecule is Cn1cc(-c2cc(F)c(CN3C(=O)C4(CCN(C5CCCC5)C4)c4ccccc43)cc2F)cn1.Cn1cc(-c2cc(F)c(CN3C(=O)C4(CCN(C5CCCC5)C4)c4ccccc43)cc2F)cn1.Cn1cc(-c2cc(F)c(CN3C(=O)C4(CCN(C5CCCC5)C4)c4ccccc43)cc2F)cn1.Cn1cc(-c2ccc(CN3C(=O)C4(CCN(C(=O)c5ccccc5)C4)c4ccccc43)c(F)c2)cn1. The number of halogens is 7. The number of nitrogens with zero attached hydrogens (tertiary/aromatic N) is 16. The molecular formula is C110H109F7N16O5. The zero-order valence-corrected chi connectivity index (χ0v) is 77.8. The molecule has 4 unspecified atom stereocenters. The van der Waals surface area contributed by atoms with Gasteiger partial charge in [0.05, 0.1) is 72.6 Å². The number of carbonyl (C=O) groups is 5. The van der Waals surface area contributed by atoms with E-state index >= 15 is 17.6 Å². The smallest absolute Gasteiger partial charge is 0.253 e. The van der Waals surface area contributed by atoms with Crippen molar-refractivity contribution >= 4 is 52.3 Å². The molecule has 7 fully saturated rings. The lowest BCUT2D eigenvalue weighted by Crippen LogP contribution is -2.43.